The van der Waals surface area contributed by atoms with Crippen molar-refractivity contribution in [2.45, 2.75) is 65.7 Å². The molecule has 0 aromatic carbocycles. The summed E-state index contributed by atoms with van der Waals surface area (Å²) in [6.07, 6.45) is 7.33. The van der Waals surface area contributed by atoms with Gasteiger partial charge in [0.2, 0.25) is 0 Å². The van der Waals surface area contributed by atoms with E-state index in [1.807, 2.05) is 0 Å². The van der Waals surface area contributed by atoms with E-state index in [9.17, 15) is 4.79 Å². The topological polar surface area (TPSA) is 26.3 Å². The van der Waals surface area contributed by atoms with Gasteiger partial charge in [0, 0.05) is 6.42 Å². The third-order valence-corrected chi connectivity index (χ3v) is 2.42. The largest absolute Gasteiger partial charge is 0.466 e. The van der Waals surface area contributed by atoms with Crippen LogP contribution in [0.25, 0.3) is 0 Å². The molecule has 0 saturated heterocycles. The highest BCUT2D eigenvalue weighted by atomic mass is 16.5. The highest BCUT2D eigenvalue weighted by molar-refractivity contribution is 5.69. The minimum absolute atomic E-state index is 0.0271. The molecule has 0 bridgehead atoms. The minimum Gasteiger partial charge on any atom is -0.466 e. The second-order valence-electron chi connectivity index (χ2n) is 4.57. The summed E-state index contributed by atoms with van der Waals surface area (Å²) < 4.78 is 5.11. The van der Waals surface area contributed by atoms with Crippen molar-refractivity contribution in [2.75, 3.05) is 6.61 Å². The van der Waals surface area contributed by atoms with E-state index < -0.39 is 0 Å². The summed E-state index contributed by atoms with van der Waals surface area (Å²) in [4.78, 5) is 11.1. The van der Waals surface area contributed by atoms with Crippen LogP contribution in [0.15, 0.2) is 0 Å². The maximum Gasteiger partial charge on any atom is 0.305 e. The highest BCUT2D eigenvalue weighted by Crippen LogP contribution is 2.08. The normalized spacial score (nSPS) is 10.7. The maximum absolute atomic E-state index is 11.1. The third kappa shape index (κ3) is 11.4. The Morgan fingerprint density at radius 1 is 1.13 bits per heavy atom. The maximum atomic E-state index is 11.1. The fraction of sp³-hybridized carbons (Fsp3) is 0.923. The van der Waals surface area contributed by atoms with Crippen molar-refractivity contribution in [3.05, 3.63) is 0 Å². The Labute approximate surface area is 94.4 Å². The number of rotatable bonds is 9. The second-order valence-corrected chi connectivity index (χ2v) is 4.57. The first-order valence-corrected chi connectivity index (χ1v) is 6.32. The van der Waals surface area contributed by atoms with E-state index in [2.05, 4.69) is 20.8 Å². The molecule has 0 radical (unpaired) electrons. The van der Waals surface area contributed by atoms with Crippen molar-refractivity contribution in [3.8, 4) is 0 Å². The predicted molar refractivity (Wildman–Crippen MR) is 63.8 cm³/mol. The summed E-state index contributed by atoms with van der Waals surface area (Å²) in [5.41, 5.74) is 0. The molecule has 2 heteroatoms. The van der Waals surface area contributed by atoms with Gasteiger partial charge in [0.25, 0.3) is 0 Å². The van der Waals surface area contributed by atoms with Crippen LogP contribution in [-0.2, 0) is 9.53 Å². The fourth-order valence-corrected chi connectivity index (χ4v) is 1.41. The van der Waals surface area contributed by atoms with Gasteiger partial charge in [-0.2, -0.15) is 0 Å². The quantitative estimate of drug-likeness (QED) is 0.429. The van der Waals surface area contributed by atoms with Crippen molar-refractivity contribution in [1.29, 1.82) is 0 Å². The second kappa shape index (κ2) is 10.0. The van der Waals surface area contributed by atoms with Gasteiger partial charge in [-0.1, -0.05) is 46.5 Å². The Bertz CT molecular complexity index is 153. The van der Waals surface area contributed by atoms with Gasteiger partial charge in [-0.05, 0) is 18.8 Å². The number of unbranched alkanes of at least 4 members (excludes halogenated alkanes) is 3. The first kappa shape index (κ1) is 14.5. The van der Waals surface area contributed by atoms with E-state index in [-0.39, 0.29) is 5.97 Å². The molecule has 0 fully saturated rings. The van der Waals surface area contributed by atoms with Gasteiger partial charge in [0.15, 0.2) is 0 Å². The van der Waals surface area contributed by atoms with E-state index in [4.69, 9.17) is 4.74 Å². The Kier molecular flexibility index (Phi) is 9.65. The van der Waals surface area contributed by atoms with E-state index in [1.54, 1.807) is 0 Å². The lowest BCUT2D eigenvalue weighted by Gasteiger charge is -2.05. The van der Waals surface area contributed by atoms with Gasteiger partial charge in [0.05, 0.1) is 6.61 Å². The standard InChI is InChI=1S/C13H26O2/c1-4-5-10-13(14)15-11-8-6-7-9-12(2)3/h12H,4-11H2,1-3H3. The molecule has 0 spiro atoms. The zero-order valence-electron chi connectivity index (χ0n) is 10.6. The number of carbonyl (C=O) groups excluding carboxylic acids is 1. The van der Waals surface area contributed by atoms with Crippen LogP contribution in [0.1, 0.15) is 65.7 Å². The van der Waals surface area contributed by atoms with Crippen LogP contribution >= 0.6 is 0 Å². The first-order chi connectivity index (χ1) is 7.16. The van der Waals surface area contributed by atoms with Gasteiger partial charge in [-0.25, -0.2) is 0 Å². The number of hydrogen-bond acceptors (Lipinski definition) is 2. The van der Waals surface area contributed by atoms with Crippen LogP contribution in [0.3, 0.4) is 0 Å². The summed E-state index contributed by atoms with van der Waals surface area (Å²) >= 11 is 0. The van der Waals surface area contributed by atoms with Gasteiger partial charge in [0.1, 0.15) is 0 Å². The Morgan fingerprint density at radius 3 is 2.47 bits per heavy atom. The monoisotopic (exact) mass is 214 g/mol. The van der Waals surface area contributed by atoms with E-state index in [0.29, 0.717) is 13.0 Å². The van der Waals surface area contributed by atoms with Crippen LogP contribution in [-0.4, -0.2) is 12.6 Å². The molecule has 0 aliphatic rings. The number of ether oxygens (including phenoxy) is 1. The molecule has 0 aliphatic carbocycles. The Morgan fingerprint density at radius 2 is 1.87 bits per heavy atom. The lowest BCUT2D eigenvalue weighted by molar-refractivity contribution is -0.143. The molecule has 0 N–H and O–H groups in total. The van der Waals surface area contributed by atoms with Gasteiger partial charge in [-0.3, -0.25) is 4.79 Å². The summed E-state index contributed by atoms with van der Waals surface area (Å²) in [6.45, 7) is 7.18. The third-order valence-electron chi connectivity index (χ3n) is 2.42. The first-order valence-electron chi connectivity index (χ1n) is 6.32. The van der Waals surface area contributed by atoms with E-state index >= 15 is 0 Å². The summed E-state index contributed by atoms with van der Waals surface area (Å²) in [5.74, 6) is 0.762. The molecule has 0 aliphatic heterocycles. The number of carbonyl (C=O) groups is 1. The molecule has 0 amide bonds. The number of hydrogen-bond donors (Lipinski definition) is 0. The molecule has 90 valence electrons. The summed E-state index contributed by atoms with van der Waals surface area (Å²) in [5, 5.41) is 0. The van der Waals surface area contributed by atoms with Crippen molar-refractivity contribution < 1.29 is 9.53 Å². The molecular weight excluding hydrogens is 188 g/mol. The molecule has 0 heterocycles. The molecule has 0 saturated carbocycles. The molecule has 0 rings (SSSR count). The van der Waals surface area contributed by atoms with Crippen molar-refractivity contribution in [2.24, 2.45) is 5.92 Å². The summed E-state index contributed by atoms with van der Waals surface area (Å²) in [7, 11) is 0. The number of esters is 1. The Balaban J connectivity index is 3.13. The van der Waals surface area contributed by atoms with Crippen molar-refractivity contribution in [1.82, 2.24) is 0 Å². The molecule has 0 unspecified atom stereocenters. The molecule has 15 heavy (non-hydrogen) atoms. The zero-order valence-corrected chi connectivity index (χ0v) is 10.6. The lowest BCUT2D eigenvalue weighted by atomic mass is 10.1. The van der Waals surface area contributed by atoms with E-state index in [1.165, 1.54) is 19.3 Å². The lowest BCUT2D eigenvalue weighted by Crippen LogP contribution is -2.05. The van der Waals surface area contributed by atoms with Crippen molar-refractivity contribution >= 4 is 5.97 Å². The van der Waals surface area contributed by atoms with Crippen LogP contribution in [0, 0.1) is 5.92 Å². The molecule has 0 aromatic rings. The zero-order chi connectivity index (χ0) is 11.5. The Hall–Kier alpha value is -0.530. The molecule has 0 atom stereocenters. The molecule has 2 nitrogen and oxygen atoms in total. The molecule has 0 aromatic heterocycles. The highest BCUT2D eigenvalue weighted by Gasteiger charge is 2.01. The molecular formula is C13H26O2. The SMILES string of the molecule is CCCCC(=O)OCCCCCC(C)C. The average Bonchev–Trinajstić information content (AvgIpc) is 2.19. The van der Waals surface area contributed by atoms with Gasteiger partial charge in [-0.15, -0.1) is 0 Å². The average molecular weight is 214 g/mol. The van der Waals surface area contributed by atoms with Gasteiger partial charge < -0.3 is 4.74 Å². The fourth-order valence-electron chi connectivity index (χ4n) is 1.41. The minimum atomic E-state index is -0.0271. The van der Waals surface area contributed by atoms with Crippen LogP contribution in [0.5, 0.6) is 0 Å². The van der Waals surface area contributed by atoms with Gasteiger partial charge >= 0.3 is 5.97 Å². The van der Waals surface area contributed by atoms with Crippen LogP contribution in [0.4, 0.5) is 0 Å². The smallest absolute Gasteiger partial charge is 0.305 e. The van der Waals surface area contributed by atoms with E-state index in [0.717, 1.165) is 25.2 Å². The predicted octanol–water partition coefficient (Wildman–Crippen LogP) is 3.94. The summed E-state index contributed by atoms with van der Waals surface area (Å²) in [6, 6.07) is 0. The van der Waals surface area contributed by atoms with Crippen LogP contribution < -0.4 is 0 Å². The van der Waals surface area contributed by atoms with Crippen LogP contribution in [0.2, 0.25) is 0 Å². The van der Waals surface area contributed by atoms with Crippen molar-refractivity contribution in [3.63, 3.8) is 0 Å².